The summed E-state index contributed by atoms with van der Waals surface area (Å²) in [7, 11) is 0. The molecule has 32 heavy (non-hydrogen) atoms. The average molecular weight is 475 g/mol. The first kappa shape index (κ1) is 26.3. The number of rotatable bonds is 2. The molecule has 0 N–H and O–H groups in total. The predicted molar refractivity (Wildman–Crippen MR) is 125 cm³/mol. The van der Waals surface area contributed by atoms with Crippen molar-refractivity contribution in [3.63, 3.8) is 0 Å². The topological polar surface area (TPSA) is 60.5 Å². The van der Waals surface area contributed by atoms with Gasteiger partial charge in [-0.2, -0.15) is 0 Å². The van der Waals surface area contributed by atoms with Crippen LogP contribution in [0.15, 0.2) is 0 Å². The summed E-state index contributed by atoms with van der Waals surface area (Å²) in [4.78, 5) is 16.2. The SMILES string of the molecule is C1COCCN(C2CCC3(CC2)OCCO3)C1.Cl.O=C1CCC(N2CCCOCC2)CC1. The molecule has 2 aliphatic carbocycles. The lowest BCUT2D eigenvalue weighted by Gasteiger charge is -2.40. The van der Waals surface area contributed by atoms with E-state index in [1.165, 1.54) is 25.8 Å². The van der Waals surface area contributed by atoms with E-state index in [0.29, 0.717) is 11.8 Å². The van der Waals surface area contributed by atoms with Gasteiger partial charge in [-0.15, -0.1) is 12.4 Å². The number of Topliss-reactive ketones (excluding diaryl/α,β-unsaturated/α-hetero) is 1. The molecule has 0 aromatic rings. The second kappa shape index (κ2) is 13.6. The summed E-state index contributed by atoms with van der Waals surface area (Å²) in [6, 6.07) is 1.37. The van der Waals surface area contributed by atoms with E-state index in [4.69, 9.17) is 18.9 Å². The van der Waals surface area contributed by atoms with Gasteiger partial charge in [0.15, 0.2) is 5.79 Å². The van der Waals surface area contributed by atoms with Crippen molar-refractivity contribution in [3.8, 4) is 0 Å². The number of carbonyl (C=O) groups is 1. The van der Waals surface area contributed by atoms with Crippen LogP contribution in [-0.2, 0) is 23.7 Å². The standard InChI is InChI=1S/C13H23NO3.C11H19NO2.ClH/c1-6-14(7-9-15-8-1)12-2-4-13(5-3-12)16-10-11-17-13;13-11-4-2-10(3-5-11)12-6-1-8-14-9-7-12;/h12H,1-11H2;10H,1-9H2;1H. The lowest BCUT2D eigenvalue weighted by molar-refractivity contribution is -0.183. The van der Waals surface area contributed by atoms with Crippen molar-refractivity contribution in [1.82, 2.24) is 9.80 Å². The molecule has 1 spiro atoms. The first-order valence-electron chi connectivity index (χ1n) is 12.7. The maximum atomic E-state index is 11.1. The molecule has 2 saturated carbocycles. The lowest BCUT2D eigenvalue weighted by atomic mass is 9.89. The molecular formula is C24H43ClN2O5. The molecule has 0 amide bonds. The van der Waals surface area contributed by atoms with Crippen molar-refractivity contribution in [2.24, 2.45) is 0 Å². The van der Waals surface area contributed by atoms with Crippen LogP contribution in [0.1, 0.15) is 64.2 Å². The minimum atomic E-state index is -0.209. The Bertz CT molecular complexity index is 525. The number of nitrogens with zero attached hydrogens (tertiary/aromatic N) is 2. The maximum absolute atomic E-state index is 11.1. The van der Waals surface area contributed by atoms with Crippen LogP contribution in [0, 0.1) is 0 Å². The number of halogens is 1. The summed E-state index contributed by atoms with van der Waals surface area (Å²) in [5.41, 5.74) is 0. The summed E-state index contributed by atoms with van der Waals surface area (Å²) in [5, 5.41) is 0. The van der Waals surface area contributed by atoms with Gasteiger partial charge < -0.3 is 18.9 Å². The van der Waals surface area contributed by atoms with Crippen LogP contribution >= 0.6 is 12.4 Å². The summed E-state index contributed by atoms with van der Waals surface area (Å²) < 4.78 is 22.5. The Kier molecular flexibility index (Phi) is 11.2. The Morgan fingerprint density at radius 1 is 0.656 bits per heavy atom. The summed E-state index contributed by atoms with van der Waals surface area (Å²) >= 11 is 0. The van der Waals surface area contributed by atoms with E-state index in [2.05, 4.69) is 9.80 Å². The van der Waals surface area contributed by atoms with Crippen LogP contribution in [0.5, 0.6) is 0 Å². The number of hydrogen-bond acceptors (Lipinski definition) is 7. The fourth-order valence-corrected chi connectivity index (χ4v) is 5.74. The fraction of sp³-hybridized carbons (Fsp3) is 0.958. The van der Waals surface area contributed by atoms with E-state index in [1.54, 1.807) is 0 Å². The van der Waals surface area contributed by atoms with Gasteiger partial charge in [-0.05, 0) is 38.5 Å². The molecule has 0 radical (unpaired) electrons. The highest BCUT2D eigenvalue weighted by molar-refractivity contribution is 5.85. The summed E-state index contributed by atoms with van der Waals surface area (Å²) in [6.07, 6.45) is 10.6. The van der Waals surface area contributed by atoms with Crippen molar-refractivity contribution in [2.75, 3.05) is 65.8 Å². The second-order valence-corrected chi connectivity index (χ2v) is 9.61. The minimum Gasteiger partial charge on any atom is -0.380 e. The molecule has 3 saturated heterocycles. The molecule has 0 unspecified atom stereocenters. The van der Waals surface area contributed by atoms with E-state index in [0.717, 1.165) is 110 Å². The molecule has 3 aliphatic heterocycles. The third-order valence-corrected chi connectivity index (χ3v) is 7.59. The Labute approximate surface area is 199 Å². The van der Waals surface area contributed by atoms with Gasteiger partial charge in [0, 0.05) is 77.2 Å². The van der Waals surface area contributed by atoms with Gasteiger partial charge in [0.05, 0.1) is 26.4 Å². The van der Waals surface area contributed by atoms with E-state index in [1.807, 2.05) is 0 Å². The number of carbonyl (C=O) groups excluding carboxylic acids is 1. The molecule has 0 atom stereocenters. The molecular weight excluding hydrogens is 432 g/mol. The van der Waals surface area contributed by atoms with Gasteiger partial charge in [0.1, 0.15) is 5.78 Å². The van der Waals surface area contributed by atoms with Gasteiger partial charge in [-0.25, -0.2) is 0 Å². The fourth-order valence-electron chi connectivity index (χ4n) is 5.74. The maximum Gasteiger partial charge on any atom is 0.168 e. The van der Waals surface area contributed by atoms with Crippen molar-refractivity contribution < 1.29 is 23.7 Å². The molecule has 5 rings (SSSR count). The van der Waals surface area contributed by atoms with Crippen LogP contribution in [-0.4, -0.2) is 99.3 Å². The van der Waals surface area contributed by atoms with Crippen LogP contribution in [0.3, 0.4) is 0 Å². The van der Waals surface area contributed by atoms with Gasteiger partial charge in [-0.1, -0.05) is 0 Å². The largest absolute Gasteiger partial charge is 0.380 e. The summed E-state index contributed by atoms with van der Waals surface area (Å²) in [6.45, 7) is 9.65. The van der Waals surface area contributed by atoms with Gasteiger partial charge in [-0.3, -0.25) is 14.6 Å². The number of ketones is 1. The molecule has 7 nitrogen and oxygen atoms in total. The normalized spacial score (nSPS) is 28.9. The zero-order chi connectivity index (χ0) is 21.4. The van der Waals surface area contributed by atoms with E-state index >= 15 is 0 Å². The second-order valence-electron chi connectivity index (χ2n) is 9.61. The average Bonchev–Trinajstić information content (AvgIpc) is 3.01. The van der Waals surface area contributed by atoms with Crippen LogP contribution in [0.25, 0.3) is 0 Å². The highest BCUT2D eigenvalue weighted by Gasteiger charge is 2.41. The third-order valence-electron chi connectivity index (χ3n) is 7.59. The van der Waals surface area contributed by atoms with E-state index < -0.39 is 0 Å². The van der Waals surface area contributed by atoms with Crippen LogP contribution in [0.4, 0.5) is 0 Å². The van der Waals surface area contributed by atoms with Crippen LogP contribution < -0.4 is 0 Å². The molecule has 0 bridgehead atoms. The molecule has 8 heteroatoms. The summed E-state index contributed by atoms with van der Waals surface area (Å²) in [5.74, 6) is 0.242. The quantitative estimate of drug-likeness (QED) is 0.609. The zero-order valence-electron chi connectivity index (χ0n) is 19.6. The molecule has 5 fully saturated rings. The van der Waals surface area contributed by atoms with Crippen molar-refractivity contribution in [2.45, 2.75) is 82.1 Å². The smallest absolute Gasteiger partial charge is 0.168 e. The van der Waals surface area contributed by atoms with Crippen molar-refractivity contribution in [3.05, 3.63) is 0 Å². The number of ether oxygens (including phenoxy) is 4. The van der Waals surface area contributed by atoms with Gasteiger partial charge in [0.25, 0.3) is 0 Å². The highest BCUT2D eigenvalue weighted by atomic mass is 35.5. The zero-order valence-corrected chi connectivity index (χ0v) is 20.5. The Hall–Kier alpha value is -0.280. The first-order valence-corrected chi connectivity index (χ1v) is 12.7. The molecule has 3 heterocycles. The molecule has 0 aromatic heterocycles. The van der Waals surface area contributed by atoms with Crippen molar-refractivity contribution in [1.29, 1.82) is 0 Å². The Morgan fingerprint density at radius 3 is 1.69 bits per heavy atom. The number of hydrogen-bond donors (Lipinski definition) is 0. The van der Waals surface area contributed by atoms with E-state index in [-0.39, 0.29) is 18.2 Å². The van der Waals surface area contributed by atoms with Gasteiger partial charge >= 0.3 is 0 Å². The highest BCUT2D eigenvalue weighted by Crippen LogP contribution is 2.37. The predicted octanol–water partition coefficient (Wildman–Crippen LogP) is 3.04. The van der Waals surface area contributed by atoms with Crippen LogP contribution in [0.2, 0.25) is 0 Å². The van der Waals surface area contributed by atoms with E-state index in [9.17, 15) is 4.79 Å². The first-order chi connectivity index (χ1) is 15.2. The monoisotopic (exact) mass is 474 g/mol. The Balaban J connectivity index is 0.000000178. The third kappa shape index (κ3) is 7.62. The molecule has 186 valence electrons. The molecule has 5 aliphatic rings. The molecule has 0 aromatic carbocycles. The van der Waals surface area contributed by atoms with Crippen molar-refractivity contribution >= 4 is 18.2 Å². The lowest BCUT2D eigenvalue weighted by Crippen LogP contribution is -2.45. The minimum absolute atomic E-state index is 0. The van der Waals surface area contributed by atoms with Gasteiger partial charge in [0.2, 0.25) is 0 Å². The Morgan fingerprint density at radius 2 is 1.16 bits per heavy atom.